The molecular formula is C28H24N8. The first kappa shape index (κ1) is 20.9. The van der Waals surface area contributed by atoms with Crippen molar-refractivity contribution < 1.29 is 0 Å². The molecule has 0 amide bonds. The van der Waals surface area contributed by atoms with Crippen molar-refractivity contribution in [3.63, 3.8) is 0 Å². The molecule has 1 aliphatic heterocycles. The molecule has 7 heterocycles. The highest BCUT2D eigenvalue weighted by atomic mass is 15.1. The summed E-state index contributed by atoms with van der Waals surface area (Å²) in [5.74, 6) is 0. The first-order chi connectivity index (χ1) is 17.8. The van der Waals surface area contributed by atoms with Gasteiger partial charge in [0.25, 0.3) is 0 Å². The van der Waals surface area contributed by atoms with Gasteiger partial charge < -0.3 is 4.98 Å². The van der Waals surface area contributed by atoms with Crippen molar-refractivity contribution in [2.24, 2.45) is 0 Å². The van der Waals surface area contributed by atoms with E-state index in [0.717, 1.165) is 75.3 Å². The van der Waals surface area contributed by atoms with Gasteiger partial charge in [-0.2, -0.15) is 5.10 Å². The summed E-state index contributed by atoms with van der Waals surface area (Å²) in [7, 11) is 0. The number of aromatic nitrogens is 7. The molecule has 6 aromatic heterocycles. The summed E-state index contributed by atoms with van der Waals surface area (Å²) in [4.78, 5) is 24.2. The molecule has 176 valence electrons. The molecule has 1 saturated heterocycles. The van der Waals surface area contributed by atoms with Gasteiger partial charge in [0.15, 0.2) is 0 Å². The second-order valence-corrected chi connectivity index (χ2v) is 9.30. The Morgan fingerprint density at radius 1 is 0.833 bits per heavy atom. The van der Waals surface area contributed by atoms with Gasteiger partial charge in [0, 0.05) is 59.6 Å². The van der Waals surface area contributed by atoms with Gasteiger partial charge in [-0.1, -0.05) is 6.07 Å². The van der Waals surface area contributed by atoms with Crippen LogP contribution in [0.2, 0.25) is 0 Å². The van der Waals surface area contributed by atoms with E-state index in [2.05, 4.69) is 47.2 Å². The number of hydrogen-bond acceptors (Lipinski definition) is 6. The Kier molecular flexibility index (Phi) is 5.03. The number of fused-ring (bicyclic) bond motifs is 2. The summed E-state index contributed by atoms with van der Waals surface area (Å²) in [6.07, 6.45) is 13.7. The molecule has 1 fully saturated rings. The van der Waals surface area contributed by atoms with Crippen LogP contribution in [0.1, 0.15) is 18.4 Å². The maximum Gasteiger partial charge on any atom is 0.135 e. The van der Waals surface area contributed by atoms with Gasteiger partial charge in [0.05, 0.1) is 28.6 Å². The van der Waals surface area contributed by atoms with Crippen LogP contribution < -0.4 is 0 Å². The van der Waals surface area contributed by atoms with Crippen LogP contribution in [-0.4, -0.2) is 53.1 Å². The van der Waals surface area contributed by atoms with Gasteiger partial charge in [-0.25, -0.2) is 4.98 Å². The molecule has 8 heteroatoms. The van der Waals surface area contributed by atoms with Crippen LogP contribution in [0.5, 0.6) is 0 Å². The minimum atomic E-state index is 0.779. The molecule has 2 N–H and O–H groups in total. The van der Waals surface area contributed by atoms with Gasteiger partial charge >= 0.3 is 0 Å². The van der Waals surface area contributed by atoms with Gasteiger partial charge in [-0.3, -0.25) is 25.0 Å². The summed E-state index contributed by atoms with van der Waals surface area (Å²) in [6.45, 7) is 3.26. The Bertz CT molecular complexity index is 1680. The standard InChI is InChI=1S/C28H24N8/c1-2-9-36(8-1)17-18-10-20(14-30-12-18)23-5-6-24-27(33-23)28(35-34-24)25-11-21-22(15-31-16-26(21)32-25)19-4-3-7-29-13-19/h3-7,10-16,32H,1-2,8-9,17H2,(H,34,35). The minimum Gasteiger partial charge on any atom is -0.352 e. The topological polar surface area (TPSA) is 99.3 Å². The first-order valence-electron chi connectivity index (χ1n) is 12.2. The number of pyridine rings is 4. The molecule has 1 aliphatic rings. The van der Waals surface area contributed by atoms with Gasteiger partial charge in [-0.15, -0.1) is 0 Å². The van der Waals surface area contributed by atoms with Gasteiger partial charge in [-0.05, 0) is 61.8 Å². The van der Waals surface area contributed by atoms with Crippen LogP contribution in [0, 0.1) is 0 Å². The Morgan fingerprint density at radius 3 is 2.61 bits per heavy atom. The number of H-pyrrole nitrogens is 2. The molecule has 0 radical (unpaired) electrons. The number of nitrogens with zero attached hydrogens (tertiary/aromatic N) is 6. The molecule has 0 atom stereocenters. The number of likely N-dealkylation sites (tertiary alicyclic amines) is 1. The monoisotopic (exact) mass is 472 g/mol. The lowest BCUT2D eigenvalue weighted by atomic mass is 10.1. The van der Waals surface area contributed by atoms with E-state index in [1.807, 2.05) is 55.2 Å². The second kappa shape index (κ2) is 8.66. The van der Waals surface area contributed by atoms with E-state index >= 15 is 0 Å². The normalized spacial score (nSPS) is 14.2. The van der Waals surface area contributed by atoms with Crippen LogP contribution in [0.25, 0.3) is 55.7 Å². The maximum absolute atomic E-state index is 5.01. The van der Waals surface area contributed by atoms with E-state index in [1.165, 1.54) is 18.4 Å². The van der Waals surface area contributed by atoms with Crippen LogP contribution >= 0.6 is 0 Å². The third-order valence-corrected chi connectivity index (χ3v) is 6.88. The molecule has 0 aliphatic carbocycles. The van der Waals surface area contributed by atoms with E-state index in [-0.39, 0.29) is 0 Å². The molecule has 0 bridgehead atoms. The Balaban J connectivity index is 1.28. The minimum absolute atomic E-state index is 0.779. The zero-order valence-corrected chi connectivity index (χ0v) is 19.6. The Hall–Kier alpha value is -4.43. The summed E-state index contributed by atoms with van der Waals surface area (Å²) in [5.41, 5.74) is 9.48. The van der Waals surface area contributed by atoms with Crippen LogP contribution in [-0.2, 0) is 6.54 Å². The molecule has 0 aromatic carbocycles. The highest BCUT2D eigenvalue weighted by Crippen LogP contribution is 2.33. The van der Waals surface area contributed by atoms with Crippen molar-refractivity contribution >= 4 is 21.9 Å². The van der Waals surface area contributed by atoms with Crippen molar-refractivity contribution in [2.45, 2.75) is 19.4 Å². The second-order valence-electron chi connectivity index (χ2n) is 9.30. The molecule has 0 spiro atoms. The van der Waals surface area contributed by atoms with E-state index < -0.39 is 0 Å². The highest BCUT2D eigenvalue weighted by molar-refractivity contribution is 5.99. The lowest BCUT2D eigenvalue weighted by Crippen LogP contribution is -2.18. The molecule has 0 unspecified atom stereocenters. The van der Waals surface area contributed by atoms with Crippen molar-refractivity contribution in [1.29, 1.82) is 0 Å². The fourth-order valence-electron chi connectivity index (χ4n) is 5.09. The number of hydrogen-bond donors (Lipinski definition) is 2. The SMILES string of the molecule is c1cncc(-c2cncc3[nH]c(-c4n[nH]c5ccc(-c6cncc(CN7CCCC7)c6)nc45)cc23)c1. The van der Waals surface area contributed by atoms with Crippen LogP contribution in [0.15, 0.2) is 73.6 Å². The Labute approximate surface area is 207 Å². The average Bonchev–Trinajstić information content (AvgIpc) is 3.68. The lowest BCUT2D eigenvalue weighted by molar-refractivity contribution is 0.331. The van der Waals surface area contributed by atoms with Crippen LogP contribution in [0.3, 0.4) is 0 Å². The summed E-state index contributed by atoms with van der Waals surface area (Å²) < 4.78 is 0. The fourth-order valence-corrected chi connectivity index (χ4v) is 5.09. The summed E-state index contributed by atoms with van der Waals surface area (Å²) in [6, 6.07) is 12.3. The summed E-state index contributed by atoms with van der Waals surface area (Å²) in [5, 5.41) is 8.81. The van der Waals surface area contributed by atoms with Crippen molar-refractivity contribution in [3.8, 4) is 33.8 Å². The molecule has 7 rings (SSSR count). The fraction of sp³-hybridized carbons (Fsp3) is 0.179. The third-order valence-electron chi connectivity index (χ3n) is 6.88. The van der Waals surface area contributed by atoms with Crippen molar-refractivity contribution in [2.75, 3.05) is 13.1 Å². The quantitative estimate of drug-likeness (QED) is 0.357. The number of rotatable bonds is 5. The van der Waals surface area contributed by atoms with E-state index in [4.69, 9.17) is 4.98 Å². The third kappa shape index (κ3) is 3.72. The lowest BCUT2D eigenvalue weighted by Gasteiger charge is -2.14. The molecule has 6 aromatic rings. The maximum atomic E-state index is 5.01. The average molecular weight is 473 g/mol. The zero-order chi connectivity index (χ0) is 23.9. The zero-order valence-electron chi connectivity index (χ0n) is 19.6. The molecule has 36 heavy (non-hydrogen) atoms. The van der Waals surface area contributed by atoms with Gasteiger partial charge in [0.1, 0.15) is 11.2 Å². The molecule has 0 saturated carbocycles. The van der Waals surface area contributed by atoms with E-state index in [9.17, 15) is 0 Å². The number of aromatic amines is 2. The van der Waals surface area contributed by atoms with Gasteiger partial charge in [0.2, 0.25) is 0 Å². The smallest absolute Gasteiger partial charge is 0.135 e. The van der Waals surface area contributed by atoms with Crippen molar-refractivity contribution in [1.82, 2.24) is 40.0 Å². The first-order valence-corrected chi connectivity index (χ1v) is 12.2. The molecular weight excluding hydrogens is 448 g/mol. The predicted octanol–water partition coefficient (Wildman–Crippen LogP) is 5.22. The van der Waals surface area contributed by atoms with E-state index in [1.54, 1.807) is 6.20 Å². The Morgan fingerprint density at radius 2 is 1.72 bits per heavy atom. The predicted molar refractivity (Wildman–Crippen MR) is 140 cm³/mol. The molecule has 8 nitrogen and oxygen atoms in total. The highest BCUT2D eigenvalue weighted by Gasteiger charge is 2.17. The van der Waals surface area contributed by atoms with E-state index in [0.29, 0.717) is 0 Å². The van der Waals surface area contributed by atoms with Crippen molar-refractivity contribution in [3.05, 3.63) is 79.1 Å². The largest absolute Gasteiger partial charge is 0.352 e. The van der Waals surface area contributed by atoms with Crippen LogP contribution in [0.4, 0.5) is 0 Å². The number of nitrogens with one attached hydrogen (secondary N) is 2. The summed E-state index contributed by atoms with van der Waals surface area (Å²) >= 11 is 0.